The Balaban J connectivity index is 1.55. The standard InChI is InChI=1S/C20H23FN2O3S/c1-25-17-6-4-14(11-18(17)26-2)27-10-8-19(24)23-16-5-3-13-12-22-9-7-15(13)20(16)21/h3-6,11,22H,7-10,12H2,1-2H3,(H,23,24). The molecular formula is C20H23FN2O3S. The van der Waals surface area contributed by atoms with E-state index in [4.69, 9.17) is 9.47 Å². The summed E-state index contributed by atoms with van der Waals surface area (Å²) < 4.78 is 25.1. The van der Waals surface area contributed by atoms with Crippen molar-refractivity contribution in [2.24, 2.45) is 0 Å². The summed E-state index contributed by atoms with van der Waals surface area (Å²) in [6.45, 7) is 1.42. The van der Waals surface area contributed by atoms with Crippen LogP contribution in [0.1, 0.15) is 17.5 Å². The van der Waals surface area contributed by atoms with E-state index in [2.05, 4.69) is 10.6 Å². The van der Waals surface area contributed by atoms with E-state index < -0.39 is 0 Å². The smallest absolute Gasteiger partial charge is 0.225 e. The van der Waals surface area contributed by atoms with Gasteiger partial charge in [-0.05, 0) is 48.4 Å². The Morgan fingerprint density at radius 2 is 2.04 bits per heavy atom. The van der Waals surface area contributed by atoms with Crippen molar-refractivity contribution in [3.05, 3.63) is 47.3 Å². The molecule has 144 valence electrons. The molecule has 0 saturated carbocycles. The number of nitrogens with one attached hydrogen (secondary N) is 2. The van der Waals surface area contributed by atoms with Crippen molar-refractivity contribution >= 4 is 23.4 Å². The minimum atomic E-state index is -0.310. The third kappa shape index (κ3) is 4.73. The molecule has 1 aliphatic heterocycles. The highest BCUT2D eigenvalue weighted by molar-refractivity contribution is 7.99. The fraction of sp³-hybridized carbons (Fsp3) is 0.350. The maximum absolute atomic E-state index is 14.6. The van der Waals surface area contributed by atoms with E-state index in [1.54, 1.807) is 20.3 Å². The lowest BCUT2D eigenvalue weighted by atomic mass is 9.99. The molecular weight excluding hydrogens is 367 g/mol. The number of fused-ring (bicyclic) bond motifs is 1. The van der Waals surface area contributed by atoms with Crippen LogP contribution in [-0.2, 0) is 17.8 Å². The maximum Gasteiger partial charge on any atom is 0.225 e. The van der Waals surface area contributed by atoms with Crippen molar-refractivity contribution in [1.29, 1.82) is 0 Å². The summed E-state index contributed by atoms with van der Waals surface area (Å²) in [6.07, 6.45) is 0.928. The van der Waals surface area contributed by atoms with E-state index in [0.29, 0.717) is 35.8 Å². The number of anilines is 1. The lowest BCUT2D eigenvalue weighted by Gasteiger charge is -2.19. The highest BCUT2D eigenvalue weighted by atomic mass is 32.2. The van der Waals surface area contributed by atoms with Crippen LogP contribution in [0.5, 0.6) is 11.5 Å². The predicted octanol–water partition coefficient (Wildman–Crippen LogP) is 3.61. The second kappa shape index (κ2) is 9.10. The van der Waals surface area contributed by atoms with Crippen molar-refractivity contribution in [3.8, 4) is 11.5 Å². The molecule has 0 spiro atoms. The predicted molar refractivity (Wildman–Crippen MR) is 105 cm³/mol. The van der Waals surface area contributed by atoms with E-state index in [9.17, 15) is 9.18 Å². The van der Waals surface area contributed by atoms with E-state index in [-0.39, 0.29) is 23.8 Å². The van der Waals surface area contributed by atoms with Crippen molar-refractivity contribution < 1.29 is 18.7 Å². The molecule has 2 aromatic rings. The van der Waals surface area contributed by atoms with Gasteiger partial charge in [-0.15, -0.1) is 11.8 Å². The second-order valence-corrected chi connectivity index (χ2v) is 7.32. The number of hydrogen-bond acceptors (Lipinski definition) is 5. The Labute approximate surface area is 162 Å². The maximum atomic E-state index is 14.6. The van der Waals surface area contributed by atoms with Gasteiger partial charge in [0.05, 0.1) is 19.9 Å². The van der Waals surface area contributed by atoms with Gasteiger partial charge in [-0.1, -0.05) is 6.07 Å². The number of benzene rings is 2. The van der Waals surface area contributed by atoms with Crippen LogP contribution in [-0.4, -0.2) is 32.4 Å². The molecule has 2 aromatic carbocycles. The quantitative estimate of drug-likeness (QED) is 0.708. The van der Waals surface area contributed by atoms with Gasteiger partial charge in [0.2, 0.25) is 5.91 Å². The second-order valence-electron chi connectivity index (χ2n) is 6.15. The Morgan fingerprint density at radius 3 is 2.81 bits per heavy atom. The lowest BCUT2D eigenvalue weighted by molar-refractivity contribution is -0.115. The minimum absolute atomic E-state index is 0.198. The Hall–Kier alpha value is -2.25. The van der Waals surface area contributed by atoms with Crippen LogP contribution in [0.15, 0.2) is 35.2 Å². The summed E-state index contributed by atoms with van der Waals surface area (Å²) in [5.41, 5.74) is 1.92. The summed E-state index contributed by atoms with van der Waals surface area (Å²) in [6, 6.07) is 9.14. The number of thioether (sulfide) groups is 1. The number of methoxy groups -OCH3 is 2. The summed E-state index contributed by atoms with van der Waals surface area (Å²) in [7, 11) is 3.17. The van der Waals surface area contributed by atoms with Crippen molar-refractivity contribution in [2.75, 3.05) is 31.8 Å². The topological polar surface area (TPSA) is 59.6 Å². The zero-order chi connectivity index (χ0) is 19.2. The van der Waals surface area contributed by atoms with Gasteiger partial charge in [-0.3, -0.25) is 4.79 Å². The average molecular weight is 390 g/mol. The van der Waals surface area contributed by atoms with Crippen molar-refractivity contribution in [3.63, 3.8) is 0 Å². The monoisotopic (exact) mass is 390 g/mol. The summed E-state index contributed by atoms with van der Waals surface area (Å²) in [5.74, 6) is 1.39. The van der Waals surface area contributed by atoms with Crippen molar-refractivity contribution in [2.45, 2.75) is 24.3 Å². The van der Waals surface area contributed by atoms with Gasteiger partial charge in [0.15, 0.2) is 11.5 Å². The van der Waals surface area contributed by atoms with Gasteiger partial charge in [0, 0.05) is 23.6 Å². The molecule has 3 rings (SSSR count). The third-order valence-electron chi connectivity index (χ3n) is 4.43. The molecule has 0 fully saturated rings. The zero-order valence-corrected chi connectivity index (χ0v) is 16.2. The van der Waals surface area contributed by atoms with E-state index >= 15 is 0 Å². The molecule has 0 aliphatic carbocycles. The van der Waals surface area contributed by atoms with Gasteiger partial charge in [-0.2, -0.15) is 0 Å². The zero-order valence-electron chi connectivity index (χ0n) is 15.4. The summed E-state index contributed by atoms with van der Waals surface area (Å²) in [4.78, 5) is 13.2. The van der Waals surface area contributed by atoms with Crippen molar-refractivity contribution in [1.82, 2.24) is 5.32 Å². The number of halogens is 1. The molecule has 0 unspecified atom stereocenters. The van der Waals surface area contributed by atoms with Crippen LogP contribution in [0, 0.1) is 5.82 Å². The molecule has 0 saturated heterocycles. The van der Waals surface area contributed by atoms with Gasteiger partial charge < -0.3 is 20.1 Å². The molecule has 0 bridgehead atoms. The van der Waals surface area contributed by atoms with Crippen LogP contribution in [0.25, 0.3) is 0 Å². The number of carbonyl (C=O) groups is 1. The molecule has 0 aromatic heterocycles. The number of ether oxygens (including phenoxy) is 2. The first-order chi connectivity index (χ1) is 13.1. The number of carbonyl (C=O) groups excluding carboxylic acids is 1. The first-order valence-corrected chi connectivity index (χ1v) is 9.76. The third-order valence-corrected chi connectivity index (χ3v) is 5.43. The van der Waals surface area contributed by atoms with Gasteiger partial charge in [-0.25, -0.2) is 4.39 Å². The van der Waals surface area contributed by atoms with Crippen LogP contribution >= 0.6 is 11.8 Å². The fourth-order valence-corrected chi connectivity index (χ4v) is 3.89. The molecule has 7 heteroatoms. The fourth-order valence-electron chi connectivity index (χ4n) is 3.01. The minimum Gasteiger partial charge on any atom is -0.493 e. The van der Waals surface area contributed by atoms with Crippen LogP contribution in [0.3, 0.4) is 0 Å². The summed E-state index contributed by atoms with van der Waals surface area (Å²) >= 11 is 1.54. The lowest BCUT2D eigenvalue weighted by Crippen LogP contribution is -2.25. The molecule has 0 radical (unpaired) electrons. The van der Waals surface area contributed by atoms with E-state index in [1.807, 2.05) is 24.3 Å². The molecule has 2 N–H and O–H groups in total. The van der Waals surface area contributed by atoms with E-state index in [1.165, 1.54) is 11.8 Å². The highest BCUT2D eigenvalue weighted by Crippen LogP contribution is 2.32. The Bertz CT molecular complexity index is 829. The van der Waals surface area contributed by atoms with Crippen LogP contribution in [0.4, 0.5) is 10.1 Å². The normalized spacial score (nSPS) is 13.0. The first kappa shape index (κ1) is 19.5. The Kier molecular flexibility index (Phi) is 6.58. The van der Waals surface area contributed by atoms with Crippen LogP contribution < -0.4 is 20.1 Å². The summed E-state index contributed by atoms with van der Waals surface area (Å²) in [5, 5.41) is 5.91. The number of hydrogen-bond donors (Lipinski definition) is 2. The van der Waals surface area contributed by atoms with E-state index in [0.717, 1.165) is 17.0 Å². The SMILES string of the molecule is COc1ccc(SCCC(=O)Nc2ccc3c(c2F)CCNC3)cc1OC. The Morgan fingerprint density at radius 1 is 1.22 bits per heavy atom. The molecule has 5 nitrogen and oxygen atoms in total. The molecule has 27 heavy (non-hydrogen) atoms. The molecule has 1 amide bonds. The number of amides is 1. The highest BCUT2D eigenvalue weighted by Gasteiger charge is 2.17. The largest absolute Gasteiger partial charge is 0.493 e. The van der Waals surface area contributed by atoms with Gasteiger partial charge >= 0.3 is 0 Å². The van der Waals surface area contributed by atoms with Crippen LogP contribution in [0.2, 0.25) is 0 Å². The van der Waals surface area contributed by atoms with Gasteiger partial charge in [0.1, 0.15) is 5.82 Å². The van der Waals surface area contributed by atoms with Gasteiger partial charge in [0.25, 0.3) is 0 Å². The molecule has 0 atom stereocenters. The molecule has 1 aliphatic rings. The first-order valence-electron chi connectivity index (χ1n) is 8.78. The molecule has 1 heterocycles. The number of rotatable bonds is 7. The average Bonchev–Trinajstić information content (AvgIpc) is 2.70.